The Morgan fingerprint density at radius 2 is 1.68 bits per heavy atom. The minimum Gasteiger partial charge on any atom is -0.494 e. The van der Waals surface area contributed by atoms with E-state index in [1.807, 2.05) is 12.1 Å². The van der Waals surface area contributed by atoms with Gasteiger partial charge < -0.3 is 14.2 Å². The number of halogens is 1. The maximum atomic E-state index is 5.90. The van der Waals surface area contributed by atoms with Gasteiger partial charge in [0.05, 0.1) is 20.3 Å². The molecule has 0 N–H and O–H groups in total. The predicted octanol–water partition coefficient (Wildman–Crippen LogP) is 6.36. The van der Waals surface area contributed by atoms with E-state index in [-0.39, 0.29) is 0 Å². The SMILES string of the molecule is CCCCCCCOc1ccc2c(OC)c(OCCCBr)ccc2c1. The summed E-state index contributed by atoms with van der Waals surface area (Å²) in [6, 6.07) is 10.2. The van der Waals surface area contributed by atoms with Gasteiger partial charge in [0.1, 0.15) is 5.75 Å². The number of methoxy groups -OCH3 is 1. The van der Waals surface area contributed by atoms with Gasteiger partial charge in [0, 0.05) is 10.7 Å². The van der Waals surface area contributed by atoms with Crippen molar-refractivity contribution in [3.63, 3.8) is 0 Å². The summed E-state index contributed by atoms with van der Waals surface area (Å²) in [5, 5.41) is 3.09. The van der Waals surface area contributed by atoms with E-state index in [9.17, 15) is 0 Å². The molecule has 0 amide bonds. The molecule has 25 heavy (non-hydrogen) atoms. The van der Waals surface area contributed by atoms with E-state index < -0.39 is 0 Å². The lowest BCUT2D eigenvalue weighted by molar-refractivity contribution is 0.297. The number of alkyl halides is 1. The molecule has 138 valence electrons. The Kier molecular flexibility index (Phi) is 8.95. The van der Waals surface area contributed by atoms with E-state index in [4.69, 9.17) is 14.2 Å². The molecule has 0 spiro atoms. The van der Waals surface area contributed by atoms with Crippen molar-refractivity contribution in [3.8, 4) is 17.2 Å². The smallest absolute Gasteiger partial charge is 0.168 e. The van der Waals surface area contributed by atoms with Gasteiger partial charge in [-0.1, -0.05) is 54.6 Å². The van der Waals surface area contributed by atoms with Crippen LogP contribution in [0.25, 0.3) is 10.8 Å². The number of fused-ring (bicyclic) bond motifs is 1. The van der Waals surface area contributed by atoms with Crippen molar-refractivity contribution in [2.75, 3.05) is 25.7 Å². The Morgan fingerprint density at radius 3 is 2.44 bits per heavy atom. The Bertz CT molecular complexity index is 642. The molecule has 0 saturated heterocycles. The standard InChI is InChI=1S/C21H29BrO3/c1-3-4-5-6-7-14-24-18-10-11-19-17(16-18)9-12-20(21(19)23-2)25-15-8-13-22/h9-12,16H,3-8,13-15H2,1-2H3. The summed E-state index contributed by atoms with van der Waals surface area (Å²) < 4.78 is 17.3. The summed E-state index contributed by atoms with van der Waals surface area (Å²) in [4.78, 5) is 0. The maximum absolute atomic E-state index is 5.90. The molecule has 3 nitrogen and oxygen atoms in total. The van der Waals surface area contributed by atoms with Gasteiger partial charge in [0.25, 0.3) is 0 Å². The maximum Gasteiger partial charge on any atom is 0.168 e. The van der Waals surface area contributed by atoms with E-state index in [1.165, 1.54) is 25.7 Å². The molecule has 2 rings (SSSR count). The summed E-state index contributed by atoms with van der Waals surface area (Å²) in [7, 11) is 1.69. The molecule has 0 bridgehead atoms. The number of benzene rings is 2. The highest BCUT2D eigenvalue weighted by atomic mass is 79.9. The van der Waals surface area contributed by atoms with Crippen molar-refractivity contribution in [1.82, 2.24) is 0 Å². The number of ether oxygens (including phenoxy) is 3. The highest BCUT2D eigenvalue weighted by Gasteiger charge is 2.10. The van der Waals surface area contributed by atoms with Gasteiger partial charge in [-0.25, -0.2) is 0 Å². The van der Waals surface area contributed by atoms with Crippen LogP contribution in [0, 0.1) is 0 Å². The molecule has 4 heteroatoms. The van der Waals surface area contributed by atoms with Crippen molar-refractivity contribution < 1.29 is 14.2 Å². The quantitative estimate of drug-likeness (QED) is 0.302. The van der Waals surface area contributed by atoms with Crippen LogP contribution in [0.5, 0.6) is 17.2 Å². The normalized spacial score (nSPS) is 10.8. The Hall–Kier alpha value is -1.42. The highest BCUT2D eigenvalue weighted by Crippen LogP contribution is 2.37. The van der Waals surface area contributed by atoms with E-state index in [2.05, 4.69) is 41.1 Å². The van der Waals surface area contributed by atoms with Crippen LogP contribution in [-0.4, -0.2) is 25.7 Å². The first-order valence-corrected chi connectivity index (χ1v) is 10.3. The first-order valence-electron chi connectivity index (χ1n) is 9.22. The molecule has 0 heterocycles. The molecule has 0 fully saturated rings. The lowest BCUT2D eigenvalue weighted by Crippen LogP contribution is -2.00. The van der Waals surface area contributed by atoms with Crippen LogP contribution < -0.4 is 14.2 Å². The van der Waals surface area contributed by atoms with Gasteiger partial charge in [-0.3, -0.25) is 0 Å². The monoisotopic (exact) mass is 408 g/mol. The lowest BCUT2D eigenvalue weighted by Gasteiger charge is -2.14. The zero-order valence-electron chi connectivity index (χ0n) is 15.4. The fraction of sp³-hybridized carbons (Fsp3) is 0.524. The third-order valence-corrected chi connectivity index (χ3v) is 4.72. The minimum absolute atomic E-state index is 0.673. The molecule has 2 aromatic rings. The second-order valence-corrected chi connectivity index (χ2v) is 6.93. The summed E-state index contributed by atoms with van der Waals surface area (Å²) >= 11 is 3.42. The van der Waals surface area contributed by atoms with E-state index >= 15 is 0 Å². The number of hydrogen-bond acceptors (Lipinski definition) is 3. The zero-order chi connectivity index (χ0) is 17.9. The molecule has 0 aromatic heterocycles. The summed E-state index contributed by atoms with van der Waals surface area (Å²) in [5.74, 6) is 2.50. The number of rotatable bonds is 12. The Balaban J connectivity index is 2.01. The van der Waals surface area contributed by atoms with E-state index in [0.717, 1.165) is 52.8 Å². The van der Waals surface area contributed by atoms with Crippen LogP contribution >= 0.6 is 15.9 Å². The largest absolute Gasteiger partial charge is 0.494 e. The summed E-state index contributed by atoms with van der Waals surface area (Å²) in [5.41, 5.74) is 0. The first-order chi connectivity index (χ1) is 12.3. The average Bonchev–Trinajstić information content (AvgIpc) is 2.64. The zero-order valence-corrected chi connectivity index (χ0v) is 16.9. The van der Waals surface area contributed by atoms with Crippen molar-refractivity contribution in [2.24, 2.45) is 0 Å². The van der Waals surface area contributed by atoms with Gasteiger partial charge in [0.2, 0.25) is 0 Å². The molecule has 2 aromatic carbocycles. The molecule has 0 atom stereocenters. The van der Waals surface area contributed by atoms with E-state index in [1.54, 1.807) is 7.11 Å². The average molecular weight is 409 g/mol. The van der Waals surface area contributed by atoms with Crippen molar-refractivity contribution in [1.29, 1.82) is 0 Å². The van der Waals surface area contributed by atoms with Gasteiger partial charge in [-0.2, -0.15) is 0 Å². The van der Waals surface area contributed by atoms with Crippen LogP contribution in [-0.2, 0) is 0 Å². The van der Waals surface area contributed by atoms with Gasteiger partial charge >= 0.3 is 0 Å². The number of unbranched alkanes of at least 4 members (excludes halogenated alkanes) is 4. The first kappa shape index (κ1) is 19.9. The molecule has 0 aliphatic carbocycles. The van der Waals surface area contributed by atoms with Gasteiger partial charge in [0.15, 0.2) is 11.5 Å². The second-order valence-electron chi connectivity index (χ2n) is 6.13. The van der Waals surface area contributed by atoms with Crippen LogP contribution in [0.3, 0.4) is 0 Å². The molecule has 0 radical (unpaired) electrons. The van der Waals surface area contributed by atoms with Crippen LogP contribution in [0.1, 0.15) is 45.4 Å². The third-order valence-electron chi connectivity index (χ3n) is 4.16. The topological polar surface area (TPSA) is 27.7 Å². The van der Waals surface area contributed by atoms with Crippen LogP contribution in [0.15, 0.2) is 30.3 Å². The summed E-state index contributed by atoms with van der Waals surface area (Å²) in [6.45, 7) is 3.68. The molecule has 0 saturated carbocycles. The fourth-order valence-electron chi connectivity index (χ4n) is 2.81. The second kappa shape index (κ2) is 11.2. The molecule has 0 aliphatic heterocycles. The third kappa shape index (κ3) is 6.10. The number of hydrogen-bond donors (Lipinski definition) is 0. The van der Waals surface area contributed by atoms with Crippen LogP contribution in [0.2, 0.25) is 0 Å². The van der Waals surface area contributed by atoms with Crippen molar-refractivity contribution >= 4 is 26.7 Å². The van der Waals surface area contributed by atoms with Crippen LogP contribution in [0.4, 0.5) is 0 Å². The van der Waals surface area contributed by atoms with Gasteiger partial charge in [-0.15, -0.1) is 0 Å². The Labute approximate surface area is 159 Å². The summed E-state index contributed by atoms with van der Waals surface area (Å²) in [6.07, 6.45) is 7.20. The highest BCUT2D eigenvalue weighted by molar-refractivity contribution is 9.09. The lowest BCUT2D eigenvalue weighted by atomic mass is 10.1. The predicted molar refractivity (Wildman–Crippen MR) is 109 cm³/mol. The van der Waals surface area contributed by atoms with Gasteiger partial charge in [-0.05, 0) is 42.5 Å². The molecule has 0 aliphatic rings. The fourth-order valence-corrected chi connectivity index (χ4v) is 3.03. The van der Waals surface area contributed by atoms with Crippen molar-refractivity contribution in [2.45, 2.75) is 45.4 Å². The molecule has 0 unspecified atom stereocenters. The minimum atomic E-state index is 0.673. The van der Waals surface area contributed by atoms with E-state index in [0.29, 0.717) is 6.61 Å². The molecular weight excluding hydrogens is 380 g/mol. The van der Waals surface area contributed by atoms with Crippen molar-refractivity contribution in [3.05, 3.63) is 30.3 Å². The molecular formula is C21H29BrO3. The Morgan fingerprint density at radius 1 is 0.880 bits per heavy atom.